The summed E-state index contributed by atoms with van der Waals surface area (Å²) in [6.07, 6.45) is 8.91. The van der Waals surface area contributed by atoms with Crippen molar-refractivity contribution in [3.05, 3.63) is 0 Å². The van der Waals surface area contributed by atoms with E-state index in [-0.39, 0.29) is 0 Å². The van der Waals surface area contributed by atoms with Crippen LogP contribution in [0, 0.1) is 17.3 Å². The number of rotatable bonds is 2. The molecule has 2 aliphatic carbocycles. The number of hydrogen-bond acceptors (Lipinski definition) is 2. The molecule has 0 radical (unpaired) electrons. The van der Waals surface area contributed by atoms with Crippen LogP contribution in [0.3, 0.4) is 0 Å². The number of hydrogen-bond donors (Lipinski definition) is 0. The van der Waals surface area contributed by atoms with E-state index in [0.29, 0.717) is 12.0 Å². The monoisotopic (exact) mass is 210 g/mol. The summed E-state index contributed by atoms with van der Waals surface area (Å²) in [6.45, 7) is 1.88. The van der Waals surface area contributed by atoms with Crippen LogP contribution in [0.15, 0.2) is 0 Å². The summed E-state index contributed by atoms with van der Waals surface area (Å²) in [7, 11) is 1.82. The van der Waals surface area contributed by atoms with Crippen molar-refractivity contribution in [3.8, 4) is 0 Å². The van der Waals surface area contributed by atoms with Gasteiger partial charge in [0.2, 0.25) is 0 Å². The van der Waals surface area contributed by atoms with Gasteiger partial charge in [-0.15, -0.1) is 0 Å². The highest BCUT2D eigenvalue weighted by atomic mass is 16.5. The normalized spacial score (nSPS) is 42.6. The van der Waals surface area contributed by atoms with Gasteiger partial charge < -0.3 is 9.47 Å². The minimum Gasteiger partial charge on any atom is -0.384 e. The number of ether oxygens (including phenoxy) is 2. The highest BCUT2D eigenvalue weighted by Gasteiger charge is 2.56. The minimum absolute atomic E-state index is 0.523. The summed E-state index contributed by atoms with van der Waals surface area (Å²) >= 11 is 0. The second-order valence-electron chi connectivity index (χ2n) is 5.70. The van der Waals surface area contributed by atoms with E-state index in [1.807, 2.05) is 7.11 Å². The molecule has 2 saturated carbocycles. The molecule has 86 valence electrons. The van der Waals surface area contributed by atoms with Crippen LogP contribution in [0.5, 0.6) is 0 Å². The average molecular weight is 210 g/mol. The Labute approximate surface area is 92.3 Å². The summed E-state index contributed by atoms with van der Waals surface area (Å²) in [5, 5.41) is 0. The molecule has 1 saturated heterocycles. The van der Waals surface area contributed by atoms with Gasteiger partial charge in [0.05, 0.1) is 12.7 Å². The first kappa shape index (κ1) is 10.1. The van der Waals surface area contributed by atoms with Crippen molar-refractivity contribution < 1.29 is 9.47 Å². The lowest BCUT2D eigenvalue weighted by Crippen LogP contribution is -2.46. The van der Waals surface area contributed by atoms with Gasteiger partial charge in [-0.2, -0.15) is 0 Å². The minimum atomic E-state index is 0.523. The standard InChI is InChI=1S/C13H22O2/c1-14-9-10-4-5-13(6-7-13)11-3-2-8-15-12(10)11/h10-12H,2-9H2,1H3. The predicted octanol–water partition coefficient (Wildman–Crippen LogP) is 2.62. The maximum atomic E-state index is 6.04. The molecule has 0 N–H and O–H groups in total. The van der Waals surface area contributed by atoms with E-state index in [2.05, 4.69) is 0 Å². The first-order chi connectivity index (χ1) is 7.36. The lowest BCUT2D eigenvalue weighted by atomic mass is 9.67. The summed E-state index contributed by atoms with van der Waals surface area (Å²) in [6, 6.07) is 0. The van der Waals surface area contributed by atoms with Gasteiger partial charge in [-0.1, -0.05) is 0 Å². The first-order valence-electron chi connectivity index (χ1n) is 6.46. The molecule has 0 aromatic rings. The van der Waals surface area contributed by atoms with Crippen LogP contribution in [-0.2, 0) is 9.47 Å². The van der Waals surface area contributed by atoms with Gasteiger partial charge in [-0.25, -0.2) is 0 Å². The fourth-order valence-electron chi connectivity index (χ4n) is 3.92. The van der Waals surface area contributed by atoms with E-state index in [1.165, 1.54) is 38.5 Å². The smallest absolute Gasteiger partial charge is 0.0658 e. The Bertz CT molecular complexity index is 235. The van der Waals surface area contributed by atoms with Crippen molar-refractivity contribution in [2.24, 2.45) is 17.3 Å². The zero-order valence-electron chi connectivity index (χ0n) is 9.71. The van der Waals surface area contributed by atoms with Gasteiger partial charge in [-0.05, 0) is 49.9 Å². The quantitative estimate of drug-likeness (QED) is 0.697. The predicted molar refractivity (Wildman–Crippen MR) is 58.7 cm³/mol. The third kappa shape index (κ3) is 1.62. The van der Waals surface area contributed by atoms with Gasteiger partial charge in [0.15, 0.2) is 0 Å². The highest BCUT2D eigenvalue weighted by Crippen LogP contribution is 2.62. The Balaban J connectivity index is 1.75. The molecule has 0 aromatic heterocycles. The van der Waals surface area contributed by atoms with Gasteiger partial charge in [0, 0.05) is 19.6 Å². The van der Waals surface area contributed by atoms with Crippen molar-refractivity contribution >= 4 is 0 Å². The molecule has 3 atom stereocenters. The van der Waals surface area contributed by atoms with E-state index in [0.717, 1.165) is 24.5 Å². The van der Waals surface area contributed by atoms with E-state index < -0.39 is 0 Å². The molecule has 1 aliphatic heterocycles. The highest BCUT2D eigenvalue weighted by molar-refractivity contribution is 5.06. The topological polar surface area (TPSA) is 18.5 Å². The molecule has 0 bridgehead atoms. The van der Waals surface area contributed by atoms with Gasteiger partial charge >= 0.3 is 0 Å². The molecule has 3 unspecified atom stereocenters. The number of fused-ring (bicyclic) bond motifs is 2. The fourth-order valence-corrected chi connectivity index (χ4v) is 3.92. The number of methoxy groups -OCH3 is 1. The Hall–Kier alpha value is -0.0800. The molecule has 1 heterocycles. The maximum Gasteiger partial charge on any atom is 0.0658 e. The molecule has 3 fully saturated rings. The van der Waals surface area contributed by atoms with Crippen LogP contribution in [-0.4, -0.2) is 26.4 Å². The molecule has 2 nitrogen and oxygen atoms in total. The molecule has 15 heavy (non-hydrogen) atoms. The first-order valence-corrected chi connectivity index (χ1v) is 6.46. The molecule has 0 amide bonds. The van der Waals surface area contributed by atoms with Gasteiger partial charge in [0.25, 0.3) is 0 Å². The van der Waals surface area contributed by atoms with E-state index >= 15 is 0 Å². The van der Waals surface area contributed by atoms with Crippen molar-refractivity contribution in [3.63, 3.8) is 0 Å². The molecule has 3 rings (SSSR count). The molecule has 2 heteroatoms. The van der Waals surface area contributed by atoms with Crippen LogP contribution in [0.2, 0.25) is 0 Å². The lowest BCUT2D eigenvalue weighted by molar-refractivity contribution is -0.121. The molecule has 3 aliphatic rings. The molecular weight excluding hydrogens is 188 g/mol. The molecule has 0 aromatic carbocycles. The van der Waals surface area contributed by atoms with Crippen LogP contribution in [0.1, 0.15) is 38.5 Å². The third-order valence-electron chi connectivity index (χ3n) is 4.90. The average Bonchev–Trinajstić information content (AvgIpc) is 3.05. The van der Waals surface area contributed by atoms with Crippen LogP contribution in [0.4, 0.5) is 0 Å². The fraction of sp³-hybridized carbons (Fsp3) is 1.00. The summed E-state index contributed by atoms with van der Waals surface area (Å²) in [4.78, 5) is 0. The zero-order valence-corrected chi connectivity index (χ0v) is 9.71. The summed E-state index contributed by atoms with van der Waals surface area (Å²) in [5.41, 5.74) is 0.718. The van der Waals surface area contributed by atoms with Crippen LogP contribution >= 0.6 is 0 Å². The Morgan fingerprint density at radius 1 is 1.27 bits per heavy atom. The third-order valence-corrected chi connectivity index (χ3v) is 4.90. The Kier molecular flexibility index (Phi) is 2.52. The van der Waals surface area contributed by atoms with Crippen LogP contribution in [0.25, 0.3) is 0 Å². The largest absolute Gasteiger partial charge is 0.384 e. The van der Waals surface area contributed by atoms with E-state index in [1.54, 1.807) is 0 Å². The van der Waals surface area contributed by atoms with Gasteiger partial charge in [0.1, 0.15) is 0 Å². The van der Waals surface area contributed by atoms with Crippen LogP contribution < -0.4 is 0 Å². The van der Waals surface area contributed by atoms with Crippen molar-refractivity contribution in [1.82, 2.24) is 0 Å². The van der Waals surface area contributed by atoms with E-state index in [4.69, 9.17) is 9.47 Å². The molecular formula is C13H22O2. The second kappa shape index (κ2) is 3.74. The van der Waals surface area contributed by atoms with Crippen molar-refractivity contribution in [2.45, 2.75) is 44.6 Å². The molecule has 1 spiro atoms. The SMILES string of the molecule is COCC1CCC2(CC2)C2CCCOC12. The van der Waals surface area contributed by atoms with Crippen molar-refractivity contribution in [2.75, 3.05) is 20.3 Å². The second-order valence-corrected chi connectivity index (χ2v) is 5.70. The lowest BCUT2D eigenvalue weighted by Gasteiger charge is -2.46. The Morgan fingerprint density at radius 3 is 2.87 bits per heavy atom. The maximum absolute atomic E-state index is 6.04. The summed E-state index contributed by atoms with van der Waals surface area (Å²) < 4.78 is 11.4. The zero-order chi connectivity index (χ0) is 10.3. The van der Waals surface area contributed by atoms with Crippen molar-refractivity contribution in [1.29, 1.82) is 0 Å². The summed E-state index contributed by atoms with van der Waals surface area (Å²) in [5.74, 6) is 1.53. The van der Waals surface area contributed by atoms with Gasteiger partial charge in [-0.3, -0.25) is 0 Å². The Morgan fingerprint density at radius 2 is 2.13 bits per heavy atom. The van der Waals surface area contributed by atoms with E-state index in [9.17, 15) is 0 Å².